The van der Waals surface area contributed by atoms with Crippen molar-refractivity contribution in [3.05, 3.63) is 192 Å². The van der Waals surface area contributed by atoms with Gasteiger partial charge in [0.1, 0.15) is 0 Å². The van der Waals surface area contributed by atoms with Gasteiger partial charge in [-0.3, -0.25) is 0 Å². The van der Waals surface area contributed by atoms with Crippen molar-refractivity contribution in [2.24, 2.45) is 0 Å². The van der Waals surface area contributed by atoms with Crippen LogP contribution in [0.25, 0.3) is 22.3 Å². The predicted molar refractivity (Wildman–Crippen MR) is 243 cm³/mol. The van der Waals surface area contributed by atoms with Crippen molar-refractivity contribution >= 4 is 34.1 Å². The molecule has 0 unspecified atom stereocenters. The Morgan fingerprint density at radius 2 is 0.804 bits per heavy atom. The average molecular weight is 733 g/mol. The smallest absolute Gasteiger partial charge is 0.0463 e. The summed E-state index contributed by atoms with van der Waals surface area (Å²) in [4.78, 5) is 4.67. The first-order valence-electron chi connectivity index (χ1n) is 20.3. The van der Waals surface area contributed by atoms with E-state index in [4.69, 9.17) is 0 Å². The second-order valence-electron chi connectivity index (χ2n) is 16.5. The van der Waals surface area contributed by atoms with Crippen molar-refractivity contribution in [3.63, 3.8) is 0 Å². The number of para-hydroxylation sites is 2. The molecular formula is C54H56N2. The summed E-state index contributed by atoms with van der Waals surface area (Å²) in [6, 6.07) is 62.4. The Labute approximate surface area is 336 Å². The Hall–Kier alpha value is -5.86. The molecule has 1 aliphatic rings. The maximum atomic E-state index is 2.43. The highest BCUT2D eigenvalue weighted by Crippen LogP contribution is 2.50. The van der Waals surface area contributed by atoms with Crippen LogP contribution in [-0.4, -0.2) is 0 Å². The summed E-state index contributed by atoms with van der Waals surface area (Å²) < 4.78 is 0. The molecular weight excluding hydrogens is 677 g/mol. The van der Waals surface area contributed by atoms with E-state index in [2.05, 4.69) is 228 Å². The first-order chi connectivity index (χ1) is 27.0. The van der Waals surface area contributed by atoms with Gasteiger partial charge >= 0.3 is 0 Å². The van der Waals surface area contributed by atoms with Gasteiger partial charge in [-0.1, -0.05) is 153 Å². The van der Waals surface area contributed by atoms with Crippen molar-refractivity contribution in [2.45, 2.75) is 79.1 Å². The number of rotatable bonds is 8. The number of benzene rings is 7. The van der Waals surface area contributed by atoms with Crippen molar-refractivity contribution in [2.75, 3.05) is 9.80 Å². The molecule has 0 atom stereocenters. The zero-order valence-electron chi connectivity index (χ0n) is 34.6. The van der Waals surface area contributed by atoms with E-state index in [9.17, 15) is 0 Å². The Kier molecular flexibility index (Phi) is 10.8. The molecule has 0 fully saturated rings. The highest BCUT2D eigenvalue weighted by atomic mass is 15.2. The van der Waals surface area contributed by atoms with Crippen molar-refractivity contribution < 1.29 is 0 Å². The largest absolute Gasteiger partial charge is 0.311 e. The summed E-state index contributed by atoms with van der Waals surface area (Å²) in [5.74, 6) is 0.512. The number of anilines is 6. The standard InChI is InChI=1S/C52H50N2.C2H6/c1-36(2)38-20-32-47-48-33-21-39(35-50(48)52(6,7)49(47)34-38)37-18-24-43(25-19-37)53(41-14-10-8-11-15-41)45-28-30-46(31-29-45)54(42-16-12-9-13-17-42)44-26-22-40(23-27-44)51(3,4)5;1-2/h8-36H,1-7H3;1-2H3. The van der Waals surface area contributed by atoms with Crippen LogP contribution in [-0.2, 0) is 10.8 Å². The van der Waals surface area contributed by atoms with E-state index in [-0.39, 0.29) is 10.8 Å². The quantitative estimate of drug-likeness (QED) is 0.153. The molecule has 1 aliphatic carbocycles. The summed E-state index contributed by atoms with van der Waals surface area (Å²) >= 11 is 0. The summed E-state index contributed by atoms with van der Waals surface area (Å²) in [5, 5.41) is 0. The van der Waals surface area contributed by atoms with E-state index in [1.54, 1.807) is 0 Å². The number of nitrogens with zero attached hydrogens (tertiary/aromatic N) is 2. The molecule has 56 heavy (non-hydrogen) atoms. The average Bonchev–Trinajstić information content (AvgIpc) is 3.45. The molecule has 0 heterocycles. The third-order valence-electron chi connectivity index (χ3n) is 11.2. The van der Waals surface area contributed by atoms with Crippen LogP contribution in [0, 0.1) is 0 Å². The number of fused-ring (bicyclic) bond motifs is 3. The van der Waals surface area contributed by atoms with Crippen LogP contribution in [0.15, 0.2) is 170 Å². The molecule has 0 aliphatic heterocycles. The first kappa shape index (κ1) is 38.4. The maximum Gasteiger partial charge on any atom is 0.0463 e. The van der Waals surface area contributed by atoms with Gasteiger partial charge in [-0.05, 0) is 135 Å². The lowest BCUT2D eigenvalue weighted by Crippen LogP contribution is -2.15. The van der Waals surface area contributed by atoms with Crippen LogP contribution in [0.4, 0.5) is 34.1 Å². The molecule has 2 heteroatoms. The molecule has 0 spiro atoms. The zero-order chi connectivity index (χ0) is 39.6. The Bertz CT molecular complexity index is 2380. The molecule has 0 amide bonds. The minimum atomic E-state index is -0.0479. The molecule has 0 aromatic heterocycles. The second-order valence-corrected chi connectivity index (χ2v) is 16.5. The second kappa shape index (κ2) is 15.7. The number of hydrogen-bond donors (Lipinski definition) is 0. The Morgan fingerprint density at radius 3 is 1.25 bits per heavy atom. The van der Waals surface area contributed by atoms with Gasteiger partial charge < -0.3 is 9.80 Å². The van der Waals surface area contributed by atoms with Crippen LogP contribution >= 0.6 is 0 Å². The van der Waals surface area contributed by atoms with Crippen LogP contribution in [0.3, 0.4) is 0 Å². The summed E-state index contributed by atoms with van der Waals surface area (Å²) in [5.41, 5.74) is 17.5. The van der Waals surface area contributed by atoms with Crippen LogP contribution in [0.1, 0.15) is 90.5 Å². The lowest BCUT2D eigenvalue weighted by molar-refractivity contribution is 0.590. The van der Waals surface area contributed by atoms with Crippen LogP contribution in [0.5, 0.6) is 0 Å². The fourth-order valence-electron chi connectivity index (χ4n) is 8.01. The minimum Gasteiger partial charge on any atom is -0.311 e. The highest BCUT2D eigenvalue weighted by molar-refractivity contribution is 5.85. The van der Waals surface area contributed by atoms with Gasteiger partial charge in [0.15, 0.2) is 0 Å². The van der Waals surface area contributed by atoms with Gasteiger partial charge in [0.2, 0.25) is 0 Å². The molecule has 0 saturated carbocycles. The normalized spacial score (nSPS) is 12.7. The van der Waals surface area contributed by atoms with E-state index < -0.39 is 0 Å². The lowest BCUT2D eigenvalue weighted by Gasteiger charge is -2.29. The predicted octanol–water partition coefficient (Wildman–Crippen LogP) is 16.0. The highest BCUT2D eigenvalue weighted by Gasteiger charge is 2.36. The molecule has 8 rings (SSSR count). The molecule has 0 saturated heterocycles. The van der Waals surface area contributed by atoms with Crippen molar-refractivity contribution in [1.82, 2.24) is 0 Å². The van der Waals surface area contributed by atoms with Gasteiger partial charge in [-0.2, -0.15) is 0 Å². The van der Waals surface area contributed by atoms with Crippen molar-refractivity contribution in [1.29, 1.82) is 0 Å². The summed E-state index contributed by atoms with van der Waals surface area (Å²) in [7, 11) is 0. The topological polar surface area (TPSA) is 6.48 Å². The van der Waals surface area contributed by atoms with Gasteiger partial charge in [-0.25, -0.2) is 0 Å². The van der Waals surface area contributed by atoms with E-state index in [0.717, 1.165) is 34.1 Å². The minimum absolute atomic E-state index is 0.0479. The maximum absolute atomic E-state index is 2.43. The van der Waals surface area contributed by atoms with Crippen LogP contribution < -0.4 is 9.80 Å². The Morgan fingerprint density at radius 1 is 0.429 bits per heavy atom. The van der Waals surface area contributed by atoms with Gasteiger partial charge in [0.05, 0.1) is 0 Å². The van der Waals surface area contributed by atoms with E-state index in [1.807, 2.05) is 13.8 Å². The molecule has 0 bridgehead atoms. The van der Waals surface area contributed by atoms with E-state index in [0.29, 0.717) is 5.92 Å². The SMILES string of the molecule is CC.CC(C)c1ccc2c(c1)C(C)(C)c1cc(-c3ccc(N(c4ccccc4)c4ccc(N(c5ccccc5)c5ccc(C(C)(C)C)cc5)cc4)cc3)ccc1-2. The first-order valence-corrected chi connectivity index (χ1v) is 20.3. The van der Waals surface area contributed by atoms with E-state index in [1.165, 1.54) is 44.5 Å². The zero-order valence-corrected chi connectivity index (χ0v) is 34.6. The fourth-order valence-corrected chi connectivity index (χ4v) is 8.01. The van der Waals surface area contributed by atoms with Crippen LogP contribution in [0.2, 0.25) is 0 Å². The molecule has 0 radical (unpaired) electrons. The summed E-state index contributed by atoms with van der Waals surface area (Å²) in [6.45, 7) is 20.1. The van der Waals surface area contributed by atoms with Gasteiger partial charge in [-0.15, -0.1) is 0 Å². The fraction of sp³-hybridized carbons (Fsp3) is 0.222. The molecule has 2 nitrogen and oxygen atoms in total. The third-order valence-corrected chi connectivity index (χ3v) is 11.2. The molecule has 7 aromatic carbocycles. The Balaban J connectivity index is 0.00000237. The van der Waals surface area contributed by atoms with Gasteiger partial charge in [0.25, 0.3) is 0 Å². The third kappa shape index (κ3) is 7.41. The van der Waals surface area contributed by atoms with E-state index >= 15 is 0 Å². The number of hydrogen-bond acceptors (Lipinski definition) is 2. The molecule has 0 N–H and O–H groups in total. The van der Waals surface area contributed by atoms with Crippen molar-refractivity contribution in [3.8, 4) is 22.3 Å². The van der Waals surface area contributed by atoms with Gasteiger partial charge in [0, 0.05) is 39.5 Å². The monoisotopic (exact) mass is 732 g/mol. The lowest BCUT2D eigenvalue weighted by atomic mass is 9.80. The molecule has 7 aromatic rings. The summed E-state index contributed by atoms with van der Waals surface area (Å²) in [6.07, 6.45) is 0. The molecule has 282 valence electrons.